The van der Waals surface area contributed by atoms with Gasteiger partial charge in [-0.2, -0.15) is 15.8 Å². The number of rotatable bonds is 13. The van der Waals surface area contributed by atoms with E-state index in [0.717, 1.165) is 216 Å². The van der Waals surface area contributed by atoms with Gasteiger partial charge in [-0.25, -0.2) is 0 Å². The Kier molecular flexibility index (Phi) is 17.0. The highest BCUT2D eigenvalue weighted by Gasteiger charge is 2.30. The molecule has 9 nitrogen and oxygen atoms in total. The third-order valence-corrected chi connectivity index (χ3v) is 27.3. The van der Waals surface area contributed by atoms with Crippen LogP contribution in [0.1, 0.15) is 16.7 Å². The van der Waals surface area contributed by atoms with Crippen molar-refractivity contribution in [2.75, 3.05) is 0 Å². The molecule has 0 aliphatic rings. The molecule has 0 aliphatic carbocycles. The van der Waals surface area contributed by atoms with E-state index in [1.54, 1.807) is 12.1 Å². The van der Waals surface area contributed by atoms with Crippen molar-refractivity contribution in [3.05, 3.63) is 460 Å². The van der Waals surface area contributed by atoms with E-state index in [9.17, 15) is 15.8 Å². The van der Waals surface area contributed by atoms with E-state index in [4.69, 9.17) is 0 Å². The second-order valence-electron chi connectivity index (χ2n) is 34.2. The molecule has 20 aromatic carbocycles. The number of aromatic nitrogens is 6. The predicted octanol–water partition coefficient (Wildman–Crippen LogP) is 31.6. The molecule has 610 valence electrons. The molecule has 0 unspecified atom stereocenters. The maximum absolute atomic E-state index is 11.2. The SMILES string of the molecule is N#Cc1ccc(-c2cccc(-c3c(-c4ccccc4-n4c5ccccc5c5c(-n6c7ccccc7c7c(-c8cc(C#N)ccc8-c8cccc(-c9c(-c%10ccccc%10-n%10c%11ccccc%11c%11c(-n%12c%13ccccc%13c%13ccccc%13%12)cccc%11%10)cccc9-n9c%10ccccc%10c%10ccccc%109)c8)cccc76)cccc54)cccc3-n3c4ccccc4c4ccccc43)c2)c(C#N)c1. The first-order valence-corrected chi connectivity index (χ1v) is 44.6. The van der Waals surface area contributed by atoms with Crippen LogP contribution >= 0.6 is 0 Å². The fourth-order valence-electron chi connectivity index (χ4n) is 22.0. The Balaban J connectivity index is 0.655. The van der Waals surface area contributed by atoms with Gasteiger partial charge >= 0.3 is 0 Å². The summed E-state index contributed by atoms with van der Waals surface area (Å²) in [6.07, 6.45) is 0. The first-order chi connectivity index (χ1) is 65.4. The van der Waals surface area contributed by atoms with Crippen LogP contribution in [-0.4, -0.2) is 27.4 Å². The fourth-order valence-corrected chi connectivity index (χ4v) is 22.0. The average molecular weight is 1680 g/mol. The van der Waals surface area contributed by atoms with E-state index in [0.29, 0.717) is 16.7 Å². The Morgan fingerprint density at radius 1 is 0.152 bits per heavy atom. The normalized spacial score (nSPS) is 11.8. The molecule has 0 N–H and O–H groups in total. The van der Waals surface area contributed by atoms with Gasteiger partial charge in [0.05, 0.1) is 135 Å². The lowest BCUT2D eigenvalue weighted by atomic mass is 9.87. The molecule has 0 atom stereocenters. The van der Waals surface area contributed by atoms with Gasteiger partial charge in [-0.1, -0.05) is 297 Å². The maximum atomic E-state index is 11.2. The lowest BCUT2D eigenvalue weighted by Gasteiger charge is -2.22. The third kappa shape index (κ3) is 11.3. The minimum absolute atomic E-state index is 0.434. The van der Waals surface area contributed by atoms with Crippen LogP contribution in [0.3, 0.4) is 0 Å². The van der Waals surface area contributed by atoms with Crippen LogP contribution in [0, 0.1) is 34.0 Å². The first-order valence-electron chi connectivity index (χ1n) is 44.6. The van der Waals surface area contributed by atoms with Gasteiger partial charge in [-0.05, 0) is 201 Å². The number of hydrogen-bond acceptors (Lipinski definition) is 3. The summed E-state index contributed by atoms with van der Waals surface area (Å²) in [6, 6.07) is 167. The molecular formula is C123H73N9. The summed E-state index contributed by atoms with van der Waals surface area (Å²) in [5, 5.41) is 45.6. The van der Waals surface area contributed by atoms with Gasteiger partial charge in [0.1, 0.15) is 0 Å². The molecule has 0 saturated carbocycles. The third-order valence-electron chi connectivity index (χ3n) is 27.3. The fraction of sp³-hybridized carbons (Fsp3) is 0. The van der Waals surface area contributed by atoms with Crippen LogP contribution < -0.4 is 0 Å². The van der Waals surface area contributed by atoms with Crippen LogP contribution in [0.5, 0.6) is 0 Å². The zero-order valence-corrected chi connectivity index (χ0v) is 71.2. The van der Waals surface area contributed by atoms with Crippen molar-refractivity contribution in [2.24, 2.45) is 0 Å². The Hall–Kier alpha value is -18.3. The highest BCUT2D eigenvalue weighted by Crippen LogP contribution is 2.52. The zero-order chi connectivity index (χ0) is 87.3. The van der Waals surface area contributed by atoms with Crippen LogP contribution in [0.4, 0.5) is 0 Å². The molecule has 0 amide bonds. The van der Waals surface area contributed by atoms with Gasteiger partial charge in [0, 0.05) is 86.9 Å². The van der Waals surface area contributed by atoms with Crippen molar-refractivity contribution in [2.45, 2.75) is 0 Å². The molecule has 0 aliphatic heterocycles. The maximum Gasteiger partial charge on any atom is 0.0998 e. The number of para-hydroxylation sites is 11. The second kappa shape index (κ2) is 29.9. The van der Waals surface area contributed by atoms with Crippen LogP contribution in [-0.2, 0) is 0 Å². The quantitative estimate of drug-likeness (QED) is 0.115. The Morgan fingerprint density at radius 2 is 0.417 bits per heavy atom. The smallest absolute Gasteiger partial charge is 0.0998 e. The number of hydrogen-bond donors (Lipinski definition) is 0. The van der Waals surface area contributed by atoms with Crippen molar-refractivity contribution < 1.29 is 0 Å². The van der Waals surface area contributed by atoms with Gasteiger partial charge in [-0.15, -0.1) is 0 Å². The zero-order valence-electron chi connectivity index (χ0n) is 71.2. The summed E-state index contributed by atoms with van der Waals surface area (Å²) in [5.74, 6) is 0. The minimum Gasteiger partial charge on any atom is -0.309 e. The van der Waals surface area contributed by atoms with E-state index >= 15 is 0 Å². The molecule has 26 rings (SSSR count). The summed E-state index contributed by atoms with van der Waals surface area (Å²) in [5.41, 5.74) is 34.5. The molecule has 6 heterocycles. The summed E-state index contributed by atoms with van der Waals surface area (Å²) in [6.45, 7) is 0. The molecule has 6 aromatic heterocycles. The minimum atomic E-state index is 0.434. The Morgan fingerprint density at radius 3 is 0.833 bits per heavy atom. The van der Waals surface area contributed by atoms with E-state index in [1.165, 1.54) is 26.9 Å². The predicted molar refractivity (Wildman–Crippen MR) is 545 cm³/mol. The molecule has 0 bridgehead atoms. The molecule has 0 fully saturated rings. The lowest BCUT2D eigenvalue weighted by molar-refractivity contribution is 1.16. The van der Waals surface area contributed by atoms with Gasteiger partial charge in [0.25, 0.3) is 0 Å². The van der Waals surface area contributed by atoms with Crippen molar-refractivity contribution in [1.29, 1.82) is 15.8 Å². The Bertz CT molecular complexity index is 9400. The molecular weight excluding hydrogens is 1600 g/mol. The number of fused-ring (bicyclic) bond motifs is 18. The average Bonchev–Trinajstić information content (AvgIpc) is 1.55. The highest BCUT2D eigenvalue weighted by atomic mass is 15.0. The van der Waals surface area contributed by atoms with Gasteiger partial charge in [-0.3, -0.25) is 0 Å². The standard InChI is InChI=1S/C123H73N9/c124-74-77-66-68-84(83(70-77)76-126)79-30-23-32-81(72-79)119-94(45-25-59-112(119)127-101-48-12-1-34-86(101)87-35-2-13-49-102(87)127)92-40-7-19-55-108(92)131-111-58-22-11-44-99(111)123-117(131)64-29-65-118(123)132-109-56-20-9-42-97(109)121-96(47-27-61-114(121)132)100-71-78(75-125)67-69-85(100)80-31-24-33-82(73-80)120-95(46-26-60-113(120)128-103-50-14-3-36-88(103)89-37-4-15-51-104(89)128)93-41-8-18-54-107(93)130-110-57-21-10-43-98(110)122-115(62-28-63-116(122)130)129-105-52-16-5-38-90(105)91-39-6-17-53-106(91)129/h1-73H. The van der Waals surface area contributed by atoms with E-state index < -0.39 is 0 Å². The monoisotopic (exact) mass is 1680 g/mol. The highest BCUT2D eigenvalue weighted by molar-refractivity contribution is 6.22. The van der Waals surface area contributed by atoms with Crippen molar-refractivity contribution in [3.63, 3.8) is 0 Å². The number of nitrogens with zero attached hydrogens (tertiary/aromatic N) is 9. The van der Waals surface area contributed by atoms with E-state index in [2.05, 4.69) is 464 Å². The van der Waals surface area contributed by atoms with E-state index in [-0.39, 0.29) is 0 Å². The van der Waals surface area contributed by atoms with Crippen LogP contribution in [0.15, 0.2) is 443 Å². The van der Waals surface area contributed by atoms with Crippen molar-refractivity contribution in [3.8, 4) is 130 Å². The van der Waals surface area contributed by atoms with Gasteiger partial charge < -0.3 is 27.4 Å². The molecule has 0 radical (unpaired) electrons. The summed E-state index contributed by atoms with van der Waals surface area (Å²) in [7, 11) is 0. The van der Waals surface area contributed by atoms with Crippen LogP contribution in [0.25, 0.3) is 243 Å². The van der Waals surface area contributed by atoms with Crippen molar-refractivity contribution >= 4 is 131 Å². The van der Waals surface area contributed by atoms with E-state index in [1.807, 2.05) is 12.1 Å². The first kappa shape index (κ1) is 75.0. The van der Waals surface area contributed by atoms with Crippen LogP contribution in [0.2, 0.25) is 0 Å². The molecule has 9 heteroatoms. The van der Waals surface area contributed by atoms with Gasteiger partial charge in [0.2, 0.25) is 0 Å². The summed E-state index contributed by atoms with van der Waals surface area (Å²) in [4.78, 5) is 0. The molecule has 26 aromatic rings. The summed E-state index contributed by atoms with van der Waals surface area (Å²) >= 11 is 0. The molecule has 132 heavy (non-hydrogen) atoms. The topological polar surface area (TPSA) is 101 Å². The Labute approximate surface area is 758 Å². The van der Waals surface area contributed by atoms with Gasteiger partial charge in [0.15, 0.2) is 0 Å². The molecule has 0 spiro atoms. The summed E-state index contributed by atoms with van der Waals surface area (Å²) < 4.78 is 14.8. The second-order valence-corrected chi connectivity index (χ2v) is 34.2. The largest absolute Gasteiger partial charge is 0.309 e. The molecule has 0 saturated heterocycles. The lowest BCUT2D eigenvalue weighted by Crippen LogP contribution is -2.02. The number of nitriles is 3. The van der Waals surface area contributed by atoms with Crippen molar-refractivity contribution in [1.82, 2.24) is 27.4 Å². The number of benzene rings is 20.